The Kier molecular flexibility index (Phi) is 2.72. The van der Waals surface area contributed by atoms with Crippen LogP contribution in [0.4, 0.5) is 0 Å². The summed E-state index contributed by atoms with van der Waals surface area (Å²) in [5.41, 5.74) is -1.02. The van der Waals surface area contributed by atoms with Crippen molar-refractivity contribution in [1.29, 1.82) is 0 Å². The maximum Gasteiger partial charge on any atom is 0.232 e. The highest BCUT2D eigenvalue weighted by atomic mass is 32.2. The fourth-order valence-corrected chi connectivity index (χ4v) is 2.40. The molecule has 1 heterocycles. The van der Waals surface area contributed by atoms with E-state index in [0.717, 1.165) is 11.5 Å². The Morgan fingerprint density at radius 2 is 2.09 bits per heavy atom. The molecule has 0 unspecified atom stereocenters. The molecule has 5 heteroatoms. The van der Waals surface area contributed by atoms with Crippen LogP contribution in [0, 0.1) is 10.1 Å². The molecular formula is C6H11NO3S. The van der Waals surface area contributed by atoms with E-state index >= 15 is 0 Å². The predicted molar refractivity (Wildman–Crippen MR) is 43.4 cm³/mol. The number of aliphatic hydroxyl groups is 1. The fraction of sp³-hybridized carbons (Fsp3) is 1.00. The van der Waals surface area contributed by atoms with Crippen molar-refractivity contribution in [2.24, 2.45) is 0 Å². The number of rotatable bonds is 2. The van der Waals surface area contributed by atoms with E-state index in [4.69, 9.17) is 0 Å². The minimum atomic E-state index is -1.02. The zero-order chi connectivity index (χ0) is 8.32. The van der Waals surface area contributed by atoms with Crippen LogP contribution in [0.1, 0.15) is 12.8 Å². The number of hydrogen-bond donors (Lipinski definition) is 1. The van der Waals surface area contributed by atoms with E-state index in [2.05, 4.69) is 0 Å². The Balaban J connectivity index is 2.43. The van der Waals surface area contributed by atoms with E-state index in [9.17, 15) is 15.2 Å². The number of thioether (sulfide) groups is 1. The van der Waals surface area contributed by atoms with Crippen molar-refractivity contribution in [3.63, 3.8) is 0 Å². The standard InChI is InChI=1S/C6H11NO3S/c8-6(5-7(9)10)1-3-11-4-2-6/h8H,1-5H2. The molecule has 4 nitrogen and oxygen atoms in total. The van der Waals surface area contributed by atoms with Crippen molar-refractivity contribution in [1.82, 2.24) is 0 Å². The van der Waals surface area contributed by atoms with Gasteiger partial charge in [-0.1, -0.05) is 0 Å². The summed E-state index contributed by atoms with van der Waals surface area (Å²) in [6, 6.07) is 0. The first kappa shape index (κ1) is 8.80. The SMILES string of the molecule is O=[N+]([O-])CC1(O)CCSCC1. The molecule has 0 aliphatic carbocycles. The molecule has 0 atom stereocenters. The lowest BCUT2D eigenvalue weighted by Gasteiger charge is -2.27. The van der Waals surface area contributed by atoms with Crippen molar-refractivity contribution in [3.05, 3.63) is 10.1 Å². The molecule has 0 saturated carbocycles. The number of nitrogens with zero attached hydrogens (tertiary/aromatic N) is 1. The van der Waals surface area contributed by atoms with E-state index in [1.807, 2.05) is 0 Å². The van der Waals surface area contributed by atoms with Crippen LogP contribution in [0.25, 0.3) is 0 Å². The molecule has 1 rings (SSSR count). The quantitative estimate of drug-likeness (QED) is 0.493. The topological polar surface area (TPSA) is 63.4 Å². The molecule has 0 aromatic rings. The molecular weight excluding hydrogens is 166 g/mol. The minimum absolute atomic E-state index is 0.298. The van der Waals surface area contributed by atoms with Gasteiger partial charge in [-0.2, -0.15) is 11.8 Å². The average molecular weight is 177 g/mol. The van der Waals surface area contributed by atoms with Crippen molar-refractivity contribution in [3.8, 4) is 0 Å². The zero-order valence-electron chi connectivity index (χ0n) is 6.15. The zero-order valence-corrected chi connectivity index (χ0v) is 6.97. The second kappa shape index (κ2) is 3.40. The van der Waals surface area contributed by atoms with Gasteiger partial charge in [0.2, 0.25) is 6.54 Å². The van der Waals surface area contributed by atoms with Crippen molar-refractivity contribution < 1.29 is 10.0 Å². The van der Waals surface area contributed by atoms with Crippen LogP contribution < -0.4 is 0 Å². The Morgan fingerprint density at radius 1 is 1.55 bits per heavy atom. The summed E-state index contributed by atoms with van der Waals surface area (Å²) in [7, 11) is 0. The Hall–Kier alpha value is -0.290. The molecule has 1 aliphatic rings. The number of hydrogen-bond acceptors (Lipinski definition) is 4. The van der Waals surface area contributed by atoms with Crippen LogP contribution in [0.5, 0.6) is 0 Å². The molecule has 0 aromatic carbocycles. The molecule has 1 aliphatic heterocycles. The van der Waals surface area contributed by atoms with Crippen LogP contribution in [0.15, 0.2) is 0 Å². The smallest absolute Gasteiger partial charge is 0.232 e. The monoisotopic (exact) mass is 177 g/mol. The van der Waals surface area contributed by atoms with E-state index in [1.165, 1.54) is 0 Å². The van der Waals surface area contributed by atoms with Gasteiger partial charge in [0.15, 0.2) is 0 Å². The van der Waals surface area contributed by atoms with Crippen molar-refractivity contribution >= 4 is 11.8 Å². The first-order valence-corrected chi connectivity index (χ1v) is 4.70. The van der Waals surface area contributed by atoms with Gasteiger partial charge in [0.25, 0.3) is 0 Å². The molecule has 0 aromatic heterocycles. The summed E-state index contributed by atoms with van der Waals surface area (Å²) in [4.78, 5) is 9.68. The van der Waals surface area contributed by atoms with E-state index < -0.39 is 10.5 Å². The summed E-state index contributed by atoms with van der Waals surface area (Å²) < 4.78 is 0. The number of nitro groups is 1. The Labute approximate surface area is 69.1 Å². The molecule has 11 heavy (non-hydrogen) atoms. The second-order valence-corrected chi connectivity index (χ2v) is 4.05. The third-order valence-electron chi connectivity index (χ3n) is 1.85. The van der Waals surface area contributed by atoms with Crippen LogP contribution >= 0.6 is 11.8 Å². The lowest BCUT2D eigenvalue weighted by molar-refractivity contribution is -0.501. The van der Waals surface area contributed by atoms with Crippen LogP contribution in [0.3, 0.4) is 0 Å². The average Bonchev–Trinajstić information content (AvgIpc) is 1.85. The predicted octanol–water partition coefficient (Wildman–Crippen LogP) is 0.521. The van der Waals surface area contributed by atoms with Gasteiger partial charge < -0.3 is 5.11 Å². The Morgan fingerprint density at radius 3 is 2.55 bits per heavy atom. The van der Waals surface area contributed by atoms with Gasteiger partial charge >= 0.3 is 0 Å². The molecule has 0 bridgehead atoms. The van der Waals surface area contributed by atoms with E-state index in [0.29, 0.717) is 12.8 Å². The van der Waals surface area contributed by atoms with Gasteiger partial charge in [-0.25, -0.2) is 0 Å². The van der Waals surface area contributed by atoms with Crippen LogP contribution in [0.2, 0.25) is 0 Å². The van der Waals surface area contributed by atoms with E-state index in [1.54, 1.807) is 11.8 Å². The molecule has 1 fully saturated rings. The Bertz CT molecular complexity index is 156. The lowest BCUT2D eigenvalue weighted by Crippen LogP contribution is -2.40. The van der Waals surface area contributed by atoms with Gasteiger partial charge in [-0.05, 0) is 24.3 Å². The van der Waals surface area contributed by atoms with Crippen LogP contribution in [-0.2, 0) is 0 Å². The molecule has 0 amide bonds. The van der Waals surface area contributed by atoms with Gasteiger partial charge in [0, 0.05) is 4.92 Å². The first-order valence-electron chi connectivity index (χ1n) is 3.54. The summed E-state index contributed by atoms with van der Waals surface area (Å²) >= 11 is 1.74. The van der Waals surface area contributed by atoms with Crippen molar-refractivity contribution in [2.75, 3.05) is 18.1 Å². The summed E-state index contributed by atoms with van der Waals surface area (Å²) in [5.74, 6) is 1.68. The third kappa shape index (κ3) is 2.67. The maximum atomic E-state index is 10.1. The third-order valence-corrected chi connectivity index (χ3v) is 2.83. The molecule has 0 spiro atoms. The lowest BCUT2D eigenvalue weighted by atomic mass is 9.97. The molecule has 0 radical (unpaired) electrons. The molecule has 1 N–H and O–H groups in total. The van der Waals surface area contributed by atoms with Gasteiger partial charge in [-0.3, -0.25) is 10.1 Å². The molecule has 64 valence electrons. The fourth-order valence-electron chi connectivity index (χ4n) is 1.15. The normalized spacial score (nSPS) is 23.0. The van der Waals surface area contributed by atoms with E-state index in [-0.39, 0.29) is 6.54 Å². The second-order valence-electron chi connectivity index (χ2n) is 2.83. The summed E-state index contributed by atoms with van der Waals surface area (Å²) in [5, 5.41) is 19.7. The van der Waals surface area contributed by atoms with Crippen molar-refractivity contribution in [2.45, 2.75) is 18.4 Å². The first-order chi connectivity index (χ1) is 5.12. The summed E-state index contributed by atoms with van der Waals surface area (Å²) in [6.07, 6.45) is 1.11. The maximum absolute atomic E-state index is 10.1. The van der Waals surface area contributed by atoms with Crippen LogP contribution in [-0.4, -0.2) is 33.7 Å². The minimum Gasteiger partial charge on any atom is -0.383 e. The van der Waals surface area contributed by atoms with Gasteiger partial charge in [0.1, 0.15) is 5.60 Å². The molecule has 1 saturated heterocycles. The van der Waals surface area contributed by atoms with Gasteiger partial charge in [0.05, 0.1) is 0 Å². The highest BCUT2D eigenvalue weighted by molar-refractivity contribution is 7.99. The summed E-state index contributed by atoms with van der Waals surface area (Å²) in [6.45, 7) is -0.298. The highest BCUT2D eigenvalue weighted by Gasteiger charge is 2.34. The van der Waals surface area contributed by atoms with Gasteiger partial charge in [-0.15, -0.1) is 0 Å². The highest BCUT2D eigenvalue weighted by Crippen LogP contribution is 2.26. The largest absolute Gasteiger partial charge is 0.383 e.